The van der Waals surface area contributed by atoms with Crippen LogP contribution in [0.2, 0.25) is 0 Å². The van der Waals surface area contributed by atoms with Gasteiger partial charge in [-0.1, -0.05) is 35.9 Å². The number of aryl methyl sites for hydroxylation is 1. The number of para-hydroxylation sites is 1. The molecule has 1 aromatic heterocycles. The average Bonchev–Trinajstić information content (AvgIpc) is 3.07. The fourth-order valence-electron chi connectivity index (χ4n) is 3.57. The predicted molar refractivity (Wildman–Crippen MR) is 96.7 cm³/mol. The van der Waals surface area contributed by atoms with E-state index in [1.807, 2.05) is 41.1 Å². The second-order valence-corrected chi connectivity index (χ2v) is 6.52. The lowest BCUT2D eigenvalue weighted by Gasteiger charge is -2.24. The highest BCUT2D eigenvalue weighted by Crippen LogP contribution is 2.37. The van der Waals surface area contributed by atoms with E-state index in [-0.39, 0.29) is 11.7 Å². The number of nitrogens with zero attached hydrogens (tertiary/aromatic N) is 2. The van der Waals surface area contributed by atoms with Gasteiger partial charge in [0.2, 0.25) is 0 Å². The van der Waals surface area contributed by atoms with Gasteiger partial charge in [0, 0.05) is 12.3 Å². The van der Waals surface area contributed by atoms with Gasteiger partial charge in [0.1, 0.15) is 5.75 Å². The molecule has 1 aliphatic carbocycles. The molecular weight excluding hydrogens is 312 g/mol. The van der Waals surface area contributed by atoms with Gasteiger partial charge in [-0.15, -0.1) is 0 Å². The predicted octanol–water partition coefficient (Wildman–Crippen LogP) is 4.10. The van der Waals surface area contributed by atoms with Crippen molar-refractivity contribution in [1.82, 2.24) is 9.78 Å². The van der Waals surface area contributed by atoms with E-state index in [1.165, 1.54) is 5.56 Å². The van der Waals surface area contributed by atoms with Gasteiger partial charge in [-0.25, -0.2) is 4.68 Å². The minimum Gasteiger partial charge on any atom is -0.496 e. The van der Waals surface area contributed by atoms with Crippen molar-refractivity contribution in [2.45, 2.75) is 25.7 Å². The summed E-state index contributed by atoms with van der Waals surface area (Å²) in [6, 6.07) is 16.2. The fourth-order valence-corrected chi connectivity index (χ4v) is 3.57. The number of Topliss-reactive ketones (excluding diaryl/α,β-unsaturated/α-hetero) is 1. The van der Waals surface area contributed by atoms with E-state index >= 15 is 0 Å². The van der Waals surface area contributed by atoms with Crippen LogP contribution in [0.3, 0.4) is 0 Å². The molecule has 0 amide bonds. The van der Waals surface area contributed by atoms with Crippen molar-refractivity contribution in [3.8, 4) is 11.4 Å². The standard InChI is InChI=1S/C21H20N2O2/c1-14-7-9-16(10-8-14)23-19-11-15(12-20(24)18(19)13-22-23)17-5-3-4-6-21(17)25-2/h3-10,13,15H,11-12H2,1-2H3/t15-/m0/s1. The summed E-state index contributed by atoms with van der Waals surface area (Å²) in [5.41, 5.74) is 5.00. The fraction of sp³-hybridized carbons (Fsp3) is 0.238. The van der Waals surface area contributed by atoms with E-state index in [2.05, 4.69) is 24.2 Å². The third-order valence-corrected chi connectivity index (χ3v) is 4.90. The van der Waals surface area contributed by atoms with E-state index in [0.717, 1.165) is 34.7 Å². The van der Waals surface area contributed by atoms with Crippen LogP contribution in [0.4, 0.5) is 0 Å². The number of carbonyl (C=O) groups is 1. The summed E-state index contributed by atoms with van der Waals surface area (Å²) in [4.78, 5) is 12.7. The minimum absolute atomic E-state index is 0.108. The molecule has 0 saturated carbocycles. The van der Waals surface area contributed by atoms with Crippen molar-refractivity contribution in [2.24, 2.45) is 0 Å². The molecule has 0 bridgehead atoms. The highest BCUT2D eigenvalue weighted by atomic mass is 16.5. The molecule has 4 heteroatoms. The largest absolute Gasteiger partial charge is 0.496 e. The number of aromatic nitrogens is 2. The molecule has 0 N–H and O–H groups in total. The molecule has 1 aliphatic rings. The summed E-state index contributed by atoms with van der Waals surface area (Å²) >= 11 is 0. The number of ketones is 1. The summed E-state index contributed by atoms with van der Waals surface area (Å²) in [6.07, 6.45) is 2.97. The maximum atomic E-state index is 12.7. The molecule has 4 rings (SSSR count). The Balaban J connectivity index is 1.76. The number of hydrogen-bond donors (Lipinski definition) is 0. The van der Waals surface area contributed by atoms with Crippen LogP contribution in [-0.2, 0) is 6.42 Å². The monoisotopic (exact) mass is 332 g/mol. The molecule has 3 aromatic rings. The zero-order chi connectivity index (χ0) is 17.4. The van der Waals surface area contributed by atoms with Crippen molar-refractivity contribution in [2.75, 3.05) is 7.11 Å². The normalized spacial score (nSPS) is 16.6. The number of benzene rings is 2. The smallest absolute Gasteiger partial charge is 0.166 e. The molecule has 126 valence electrons. The minimum atomic E-state index is 0.108. The van der Waals surface area contributed by atoms with Crippen LogP contribution in [0, 0.1) is 6.92 Å². The first kappa shape index (κ1) is 15.6. The van der Waals surface area contributed by atoms with E-state index in [4.69, 9.17) is 4.74 Å². The molecule has 0 radical (unpaired) electrons. The first-order chi connectivity index (χ1) is 12.2. The molecule has 0 unspecified atom stereocenters. The lowest BCUT2D eigenvalue weighted by Crippen LogP contribution is -2.20. The Morgan fingerprint density at radius 3 is 2.60 bits per heavy atom. The second-order valence-electron chi connectivity index (χ2n) is 6.52. The zero-order valence-electron chi connectivity index (χ0n) is 14.4. The van der Waals surface area contributed by atoms with Gasteiger partial charge in [0.25, 0.3) is 0 Å². The number of methoxy groups -OCH3 is 1. The molecule has 4 nitrogen and oxygen atoms in total. The van der Waals surface area contributed by atoms with Crippen molar-refractivity contribution in [3.63, 3.8) is 0 Å². The Kier molecular flexibility index (Phi) is 3.88. The van der Waals surface area contributed by atoms with Crippen LogP contribution in [0.15, 0.2) is 54.7 Å². The maximum absolute atomic E-state index is 12.7. The SMILES string of the molecule is COc1ccccc1[C@@H]1CC(=O)c2cnn(-c3ccc(C)cc3)c2C1. The Hall–Kier alpha value is -2.88. The van der Waals surface area contributed by atoms with Crippen LogP contribution in [0.5, 0.6) is 5.75 Å². The van der Waals surface area contributed by atoms with Gasteiger partial charge in [0.05, 0.1) is 30.3 Å². The number of carbonyl (C=O) groups excluding carboxylic acids is 1. The summed E-state index contributed by atoms with van der Waals surface area (Å²) in [5, 5.41) is 4.48. The molecule has 1 atom stereocenters. The van der Waals surface area contributed by atoms with E-state index in [1.54, 1.807) is 13.3 Å². The Morgan fingerprint density at radius 1 is 1.08 bits per heavy atom. The molecule has 0 saturated heterocycles. The van der Waals surface area contributed by atoms with Crippen molar-refractivity contribution in [3.05, 3.63) is 77.1 Å². The Labute approximate surface area is 147 Å². The highest BCUT2D eigenvalue weighted by molar-refractivity contribution is 5.98. The van der Waals surface area contributed by atoms with Crippen LogP contribution in [0.1, 0.15) is 39.5 Å². The molecule has 0 spiro atoms. The van der Waals surface area contributed by atoms with Crippen molar-refractivity contribution >= 4 is 5.78 Å². The lowest BCUT2D eigenvalue weighted by molar-refractivity contribution is 0.0963. The summed E-state index contributed by atoms with van der Waals surface area (Å²) in [7, 11) is 1.67. The summed E-state index contributed by atoms with van der Waals surface area (Å²) in [6.45, 7) is 2.06. The van der Waals surface area contributed by atoms with Crippen LogP contribution in [-0.4, -0.2) is 22.7 Å². The highest BCUT2D eigenvalue weighted by Gasteiger charge is 2.31. The first-order valence-corrected chi connectivity index (χ1v) is 8.47. The quantitative estimate of drug-likeness (QED) is 0.725. The Morgan fingerprint density at radius 2 is 1.84 bits per heavy atom. The molecular formula is C21H20N2O2. The lowest BCUT2D eigenvalue weighted by atomic mass is 9.82. The average molecular weight is 332 g/mol. The third kappa shape index (κ3) is 2.74. The second kappa shape index (κ2) is 6.20. The van der Waals surface area contributed by atoms with E-state index in [0.29, 0.717) is 6.42 Å². The number of rotatable bonds is 3. The van der Waals surface area contributed by atoms with Crippen LogP contribution < -0.4 is 4.74 Å². The first-order valence-electron chi connectivity index (χ1n) is 8.47. The van der Waals surface area contributed by atoms with Gasteiger partial charge in [0.15, 0.2) is 5.78 Å². The van der Waals surface area contributed by atoms with Gasteiger partial charge < -0.3 is 4.74 Å². The molecule has 2 aromatic carbocycles. The van der Waals surface area contributed by atoms with Crippen molar-refractivity contribution in [1.29, 1.82) is 0 Å². The Bertz CT molecular complexity index is 925. The third-order valence-electron chi connectivity index (χ3n) is 4.90. The number of ether oxygens (including phenoxy) is 1. The molecule has 1 heterocycles. The van der Waals surface area contributed by atoms with Crippen LogP contribution in [0.25, 0.3) is 5.69 Å². The van der Waals surface area contributed by atoms with Crippen molar-refractivity contribution < 1.29 is 9.53 Å². The molecule has 0 fully saturated rings. The van der Waals surface area contributed by atoms with Gasteiger partial charge in [-0.3, -0.25) is 4.79 Å². The number of fused-ring (bicyclic) bond motifs is 1. The van der Waals surface area contributed by atoms with E-state index < -0.39 is 0 Å². The van der Waals surface area contributed by atoms with Gasteiger partial charge in [-0.2, -0.15) is 5.10 Å². The topological polar surface area (TPSA) is 44.1 Å². The number of hydrogen-bond acceptors (Lipinski definition) is 3. The summed E-state index contributed by atoms with van der Waals surface area (Å²) < 4.78 is 7.39. The molecule has 0 aliphatic heterocycles. The van der Waals surface area contributed by atoms with Gasteiger partial charge in [-0.05, 0) is 37.1 Å². The maximum Gasteiger partial charge on any atom is 0.166 e. The molecule has 25 heavy (non-hydrogen) atoms. The van der Waals surface area contributed by atoms with Crippen LogP contribution >= 0.6 is 0 Å². The van der Waals surface area contributed by atoms with Gasteiger partial charge >= 0.3 is 0 Å². The van der Waals surface area contributed by atoms with E-state index in [9.17, 15) is 4.79 Å². The summed E-state index contributed by atoms with van der Waals surface area (Å²) in [5.74, 6) is 1.10. The zero-order valence-corrected chi connectivity index (χ0v) is 14.4.